The van der Waals surface area contributed by atoms with Crippen molar-refractivity contribution in [1.82, 2.24) is 9.88 Å². The van der Waals surface area contributed by atoms with Gasteiger partial charge in [0.1, 0.15) is 18.3 Å². The van der Waals surface area contributed by atoms with Crippen LogP contribution >= 0.6 is 0 Å². The molecule has 0 saturated carbocycles. The highest BCUT2D eigenvalue weighted by Crippen LogP contribution is 2.19. The van der Waals surface area contributed by atoms with Gasteiger partial charge in [0, 0.05) is 18.5 Å². The number of nitrogens with zero attached hydrogens (tertiary/aromatic N) is 1. The number of cyclic esters (lactones) is 1. The third kappa shape index (κ3) is 8.27. The van der Waals surface area contributed by atoms with Crippen LogP contribution in [-0.2, 0) is 49.9 Å². The predicted octanol–water partition coefficient (Wildman–Crippen LogP) is 3.99. The Balaban J connectivity index is 1.29. The molecule has 2 amide bonds. The van der Waals surface area contributed by atoms with E-state index in [1.807, 2.05) is 91.0 Å². The second kappa shape index (κ2) is 14.2. The maximum absolute atomic E-state index is 13.6. The van der Waals surface area contributed by atoms with Gasteiger partial charge in [-0.2, -0.15) is 0 Å². The second-order valence-electron chi connectivity index (χ2n) is 10.4. The molecule has 2 atom stereocenters. The molecular weight excluding hydrogens is 546 g/mol. The first-order valence-corrected chi connectivity index (χ1v) is 14.2. The van der Waals surface area contributed by atoms with Gasteiger partial charge in [-0.3, -0.25) is 19.2 Å². The number of benzene rings is 3. The van der Waals surface area contributed by atoms with E-state index in [1.165, 1.54) is 4.57 Å². The van der Waals surface area contributed by atoms with E-state index in [1.54, 1.807) is 12.1 Å². The summed E-state index contributed by atoms with van der Waals surface area (Å²) in [5, 5.41) is 5.52. The molecule has 2 N–H and O–H groups in total. The molecule has 2 unspecified atom stereocenters. The zero-order valence-electron chi connectivity index (χ0n) is 23.6. The van der Waals surface area contributed by atoms with Crippen molar-refractivity contribution in [3.63, 3.8) is 0 Å². The molecule has 1 aromatic heterocycles. The van der Waals surface area contributed by atoms with Crippen molar-refractivity contribution >= 4 is 23.5 Å². The maximum atomic E-state index is 13.6. The minimum Gasteiger partial charge on any atom is -0.433 e. The molecule has 0 bridgehead atoms. The van der Waals surface area contributed by atoms with Gasteiger partial charge in [-0.1, -0.05) is 91.0 Å². The normalized spacial score (nSPS) is 16.0. The Morgan fingerprint density at radius 3 is 2.09 bits per heavy atom. The molecule has 0 radical (unpaired) electrons. The Hall–Kier alpha value is -5.02. The van der Waals surface area contributed by atoms with Crippen LogP contribution in [0.3, 0.4) is 0 Å². The van der Waals surface area contributed by atoms with E-state index in [2.05, 4.69) is 10.6 Å². The Kier molecular flexibility index (Phi) is 9.76. The number of esters is 1. The molecule has 3 aromatic carbocycles. The fourth-order valence-corrected chi connectivity index (χ4v) is 4.91. The Bertz CT molecular complexity index is 1610. The van der Waals surface area contributed by atoms with Gasteiger partial charge >= 0.3 is 5.97 Å². The van der Waals surface area contributed by atoms with E-state index in [0.717, 1.165) is 16.7 Å². The molecule has 0 spiro atoms. The molecule has 1 fully saturated rings. The number of amides is 2. The molecule has 1 aliphatic heterocycles. The summed E-state index contributed by atoms with van der Waals surface area (Å²) in [5.74, 6) is -1.26. The third-order valence-electron chi connectivity index (χ3n) is 7.12. The van der Waals surface area contributed by atoms with E-state index < -0.39 is 29.8 Å². The minimum atomic E-state index is -0.951. The molecule has 5 rings (SSSR count). The lowest BCUT2D eigenvalue weighted by atomic mass is 10.1. The van der Waals surface area contributed by atoms with E-state index >= 15 is 0 Å². The van der Waals surface area contributed by atoms with Gasteiger partial charge in [-0.15, -0.1) is 0 Å². The lowest BCUT2D eigenvalue weighted by Gasteiger charge is -2.20. The quantitative estimate of drug-likeness (QED) is 0.245. The molecule has 1 saturated heterocycles. The first kappa shape index (κ1) is 29.5. The summed E-state index contributed by atoms with van der Waals surface area (Å²) in [6, 6.07) is 31.2. The van der Waals surface area contributed by atoms with Crippen molar-refractivity contribution in [3.05, 3.63) is 136 Å². The molecule has 43 heavy (non-hydrogen) atoms. The summed E-state index contributed by atoms with van der Waals surface area (Å²) in [6.45, 7) is -0.108. The smallest absolute Gasteiger partial charge is 0.310 e. The fourth-order valence-electron chi connectivity index (χ4n) is 4.91. The average molecular weight is 580 g/mol. The standard InChI is InChI=1S/C34H33N3O6/c38-30(19-16-24-10-4-1-5-11-24)35-28-18-17-27(20-25-12-6-2-7-13-25)37(33(28)41)22-31(39)36-29-21-32(40)43-34(29)42-23-26-14-8-3-9-15-26/h1-15,17-18,29,34H,16,19-23H2,(H,35,38)(H,36,39). The summed E-state index contributed by atoms with van der Waals surface area (Å²) >= 11 is 0. The van der Waals surface area contributed by atoms with Crippen LogP contribution in [0.25, 0.3) is 0 Å². The number of hydrogen-bond donors (Lipinski definition) is 2. The van der Waals surface area contributed by atoms with Gasteiger partial charge in [0.2, 0.25) is 18.1 Å². The second-order valence-corrected chi connectivity index (χ2v) is 10.4. The van der Waals surface area contributed by atoms with Crippen LogP contribution in [0, 0.1) is 0 Å². The molecule has 1 aliphatic rings. The lowest BCUT2D eigenvalue weighted by Crippen LogP contribution is -2.44. The molecule has 4 aromatic rings. The summed E-state index contributed by atoms with van der Waals surface area (Å²) in [6.07, 6.45) is 0.141. The molecule has 0 aliphatic carbocycles. The number of aromatic nitrogens is 1. The van der Waals surface area contributed by atoms with Crippen LogP contribution < -0.4 is 16.2 Å². The van der Waals surface area contributed by atoms with Gasteiger partial charge < -0.3 is 24.7 Å². The highest BCUT2D eigenvalue weighted by atomic mass is 16.7. The van der Waals surface area contributed by atoms with Crippen LogP contribution in [0.15, 0.2) is 108 Å². The number of pyridine rings is 1. The van der Waals surface area contributed by atoms with Crippen LogP contribution in [0.5, 0.6) is 0 Å². The summed E-state index contributed by atoms with van der Waals surface area (Å²) in [7, 11) is 0. The van der Waals surface area contributed by atoms with Crippen molar-refractivity contribution in [3.8, 4) is 0 Å². The topological polar surface area (TPSA) is 116 Å². The molecule has 220 valence electrons. The molecule has 9 heteroatoms. The number of anilines is 1. The zero-order valence-corrected chi connectivity index (χ0v) is 23.6. The van der Waals surface area contributed by atoms with Gasteiger partial charge in [0.25, 0.3) is 5.56 Å². The number of aryl methyl sites for hydroxylation is 1. The Morgan fingerprint density at radius 2 is 1.42 bits per heavy atom. The van der Waals surface area contributed by atoms with Crippen LogP contribution in [-0.4, -0.2) is 34.7 Å². The molecule has 2 heterocycles. The van der Waals surface area contributed by atoms with Crippen LogP contribution in [0.2, 0.25) is 0 Å². The lowest BCUT2D eigenvalue weighted by molar-refractivity contribution is -0.168. The number of rotatable bonds is 12. The summed E-state index contributed by atoms with van der Waals surface area (Å²) in [4.78, 5) is 51.6. The third-order valence-corrected chi connectivity index (χ3v) is 7.12. The van der Waals surface area contributed by atoms with E-state index in [4.69, 9.17) is 9.47 Å². The average Bonchev–Trinajstić information content (AvgIpc) is 3.38. The fraction of sp³-hybridized carbons (Fsp3) is 0.235. The van der Waals surface area contributed by atoms with Crippen molar-refractivity contribution in [2.45, 2.75) is 51.2 Å². The minimum absolute atomic E-state index is 0.0471. The summed E-state index contributed by atoms with van der Waals surface area (Å²) in [5.41, 5.74) is 3.07. The highest BCUT2D eigenvalue weighted by molar-refractivity contribution is 5.90. The Morgan fingerprint density at radius 1 is 0.791 bits per heavy atom. The summed E-state index contributed by atoms with van der Waals surface area (Å²) < 4.78 is 12.4. The van der Waals surface area contributed by atoms with E-state index in [-0.39, 0.29) is 37.6 Å². The first-order valence-electron chi connectivity index (χ1n) is 14.2. The van der Waals surface area contributed by atoms with Crippen molar-refractivity contribution in [2.75, 3.05) is 5.32 Å². The largest absolute Gasteiger partial charge is 0.433 e. The van der Waals surface area contributed by atoms with Crippen molar-refractivity contribution in [2.24, 2.45) is 0 Å². The van der Waals surface area contributed by atoms with Gasteiger partial charge in [0.15, 0.2) is 0 Å². The van der Waals surface area contributed by atoms with Gasteiger partial charge in [-0.25, -0.2) is 0 Å². The van der Waals surface area contributed by atoms with Crippen LogP contribution in [0.1, 0.15) is 35.2 Å². The zero-order chi connectivity index (χ0) is 30.0. The van der Waals surface area contributed by atoms with Gasteiger partial charge in [0.05, 0.1) is 13.0 Å². The number of ether oxygens (including phenoxy) is 2. The maximum Gasteiger partial charge on any atom is 0.310 e. The SMILES string of the molecule is O=C(CCc1ccccc1)Nc1ccc(Cc2ccccc2)n(CC(=O)NC2CC(=O)OC2OCc2ccccc2)c1=O. The number of hydrogen-bond acceptors (Lipinski definition) is 6. The number of carbonyl (C=O) groups excluding carboxylic acids is 3. The van der Waals surface area contributed by atoms with Crippen LogP contribution in [0.4, 0.5) is 5.69 Å². The van der Waals surface area contributed by atoms with E-state index in [0.29, 0.717) is 18.5 Å². The van der Waals surface area contributed by atoms with E-state index in [9.17, 15) is 19.2 Å². The highest BCUT2D eigenvalue weighted by Gasteiger charge is 2.37. The number of nitrogens with one attached hydrogen (secondary N) is 2. The van der Waals surface area contributed by atoms with Crippen molar-refractivity contribution in [1.29, 1.82) is 0 Å². The number of carbonyl (C=O) groups is 3. The van der Waals surface area contributed by atoms with Crippen molar-refractivity contribution < 1.29 is 23.9 Å². The monoisotopic (exact) mass is 579 g/mol. The predicted molar refractivity (Wildman–Crippen MR) is 161 cm³/mol. The molecule has 9 nitrogen and oxygen atoms in total. The van der Waals surface area contributed by atoms with Gasteiger partial charge in [-0.05, 0) is 35.2 Å². The Labute approximate surface area is 249 Å². The molecular formula is C34H33N3O6. The first-order chi connectivity index (χ1) is 20.9.